The molecule has 0 saturated heterocycles. The number of hydrogen-bond donors (Lipinski definition) is 0. The molecule has 0 amide bonds. The summed E-state index contributed by atoms with van der Waals surface area (Å²) in [7, 11) is -4.47. The Morgan fingerprint density at radius 2 is 1.69 bits per heavy atom. The van der Waals surface area contributed by atoms with Gasteiger partial charge in [0.1, 0.15) is 0 Å². The van der Waals surface area contributed by atoms with Gasteiger partial charge in [0, 0.05) is 0 Å². The van der Waals surface area contributed by atoms with Gasteiger partial charge >= 0.3 is 37.7 Å². The Bertz CT molecular complexity index is 191. The second kappa shape index (κ2) is 9.68. The normalized spacial score (nSPS) is 10.9. The summed E-state index contributed by atoms with van der Waals surface area (Å²) in [5, 5.41) is 0. The van der Waals surface area contributed by atoms with Crippen molar-refractivity contribution >= 4 is 48.1 Å². The number of unbranched alkanes of at least 4 members (excludes halogenated alkanes) is 4. The van der Waals surface area contributed by atoms with Crippen molar-refractivity contribution in [1.29, 1.82) is 0 Å². The van der Waals surface area contributed by atoms with Crippen molar-refractivity contribution in [2.24, 2.45) is 0 Å². The standard InChI is InChI=1S/C7H16O4S.Ca/c1-2-3-4-5-6-7-11-12(8,9)10;/h2-7H2,1H3,(H,8,9,10);/q;+2/p-1. The van der Waals surface area contributed by atoms with Gasteiger partial charge in [-0.2, -0.15) is 0 Å². The van der Waals surface area contributed by atoms with Crippen LogP contribution in [-0.4, -0.2) is 57.3 Å². The third-order valence-electron chi connectivity index (χ3n) is 1.48. The second-order valence-corrected chi connectivity index (χ2v) is 3.70. The van der Waals surface area contributed by atoms with Crippen LogP contribution < -0.4 is 0 Å². The molecule has 0 radical (unpaired) electrons. The van der Waals surface area contributed by atoms with E-state index in [2.05, 4.69) is 11.1 Å². The molecule has 0 saturated carbocycles. The van der Waals surface area contributed by atoms with Gasteiger partial charge < -0.3 is 4.55 Å². The van der Waals surface area contributed by atoms with Gasteiger partial charge in [0.2, 0.25) is 10.4 Å². The summed E-state index contributed by atoms with van der Waals surface area (Å²) >= 11 is 0. The molecule has 0 aromatic rings. The van der Waals surface area contributed by atoms with Gasteiger partial charge in [-0.1, -0.05) is 32.6 Å². The van der Waals surface area contributed by atoms with Gasteiger partial charge in [-0.3, -0.25) is 4.18 Å². The molecule has 0 aliphatic rings. The first-order valence-corrected chi connectivity index (χ1v) is 5.50. The Labute approximate surface area is 110 Å². The van der Waals surface area contributed by atoms with Crippen LogP contribution >= 0.6 is 0 Å². The predicted molar refractivity (Wildman–Crippen MR) is 50.2 cm³/mol. The number of rotatable bonds is 7. The van der Waals surface area contributed by atoms with Crippen LogP contribution in [0.4, 0.5) is 0 Å². The van der Waals surface area contributed by atoms with Crippen molar-refractivity contribution in [3.8, 4) is 0 Å². The Balaban J connectivity index is 0. The fourth-order valence-electron chi connectivity index (χ4n) is 0.867. The van der Waals surface area contributed by atoms with Crippen LogP contribution in [0.25, 0.3) is 0 Å². The SMILES string of the molecule is CCCCCCCOS(=O)(=O)[O-].[Ca+2]. The minimum absolute atomic E-state index is 0. The van der Waals surface area contributed by atoms with Crippen LogP contribution in [-0.2, 0) is 14.6 Å². The van der Waals surface area contributed by atoms with E-state index < -0.39 is 10.4 Å². The largest absolute Gasteiger partial charge is 2.00 e. The molecule has 0 fully saturated rings. The molecule has 0 atom stereocenters. The van der Waals surface area contributed by atoms with Gasteiger partial charge in [-0.05, 0) is 6.42 Å². The van der Waals surface area contributed by atoms with Gasteiger partial charge in [-0.25, -0.2) is 8.42 Å². The second-order valence-electron chi connectivity index (χ2n) is 2.64. The Morgan fingerprint density at radius 1 is 1.15 bits per heavy atom. The topological polar surface area (TPSA) is 66.4 Å². The van der Waals surface area contributed by atoms with Crippen molar-refractivity contribution in [2.45, 2.75) is 39.0 Å². The minimum atomic E-state index is -4.47. The third kappa shape index (κ3) is 15.9. The smallest absolute Gasteiger partial charge is 0.726 e. The van der Waals surface area contributed by atoms with Gasteiger partial charge in [0.15, 0.2) is 0 Å². The summed E-state index contributed by atoms with van der Waals surface area (Å²) in [5.74, 6) is 0. The van der Waals surface area contributed by atoms with Crippen LogP contribution in [0.1, 0.15) is 39.0 Å². The zero-order valence-electron chi connectivity index (χ0n) is 7.99. The average Bonchev–Trinajstić information content (AvgIpc) is 1.94. The summed E-state index contributed by atoms with van der Waals surface area (Å²) in [6.45, 7) is 2.12. The quantitative estimate of drug-likeness (QED) is 0.286. The first kappa shape index (κ1) is 16.6. The summed E-state index contributed by atoms with van der Waals surface area (Å²) in [5.41, 5.74) is 0. The van der Waals surface area contributed by atoms with E-state index in [9.17, 15) is 13.0 Å². The molecule has 0 aromatic heterocycles. The predicted octanol–water partition coefficient (Wildman–Crippen LogP) is 1.05. The van der Waals surface area contributed by atoms with Crippen LogP contribution in [0.5, 0.6) is 0 Å². The van der Waals surface area contributed by atoms with E-state index in [0.29, 0.717) is 6.42 Å². The maximum atomic E-state index is 9.94. The van der Waals surface area contributed by atoms with Gasteiger partial charge in [-0.15, -0.1) is 0 Å². The molecular weight excluding hydrogens is 220 g/mol. The van der Waals surface area contributed by atoms with E-state index in [1.807, 2.05) is 0 Å². The molecule has 4 nitrogen and oxygen atoms in total. The summed E-state index contributed by atoms with van der Waals surface area (Å²) in [6.07, 6.45) is 4.91. The summed E-state index contributed by atoms with van der Waals surface area (Å²) in [6, 6.07) is 0. The van der Waals surface area contributed by atoms with Crippen molar-refractivity contribution in [3.63, 3.8) is 0 Å². The van der Waals surface area contributed by atoms with Crippen molar-refractivity contribution in [2.75, 3.05) is 6.61 Å². The maximum Gasteiger partial charge on any atom is 2.00 e. The van der Waals surface area contributed by atoms with E-state index in [1.54, 1.807) is 0 Å². The zero-order chi connectivity index (χ0) is 9.45. The summed E-state index contributed by atoms with van der Waals surface area (Å²) < 4.78 is 33.9. The van der Waals surface area contributed by atoms with Gasteiger partial charge in [0.05, 0.1) is 6.61 Å². The molecule has 0 heterocycles. The third-order valence-corrected chi connectivity index (χ3v) is 1.93. The molecular formula is C7H15CaO4S+. The first-order chi connectivity index (χ1) is 5.56. The molecule has 6 heteroatoms. The zero-order valence-corrected chi connectivity index (χ0v) is 11.0. The van der Waals surface area contributed by atoms with Crippen molar-refractivity contribution in [1.82, 2.24) is 0 Å². The molecule has 0 unspecified atom stereocenters. The molecule has 13 heavy (non-hydrogen) atoms. The van der Waals surface area contributed by atoms with E-state index in [4.69, 9.17) is 0 Å². The van der Waals surface area contributed by atoms with E-state index in [1.165, 1.54) is 0 Å². The molecule has 0 spiro atoms. The van der Waals surface area contributed by atoms with Gasteiger partial charge in [0.25, 0.3) is 0 Å². The molecule has 0 aliphatic heterocycles. The maximum absolute atomic E-state index is 9.94. The van der Waals surface area contributed by atoms with Crippen LogP contribution in [0.15, 0.2) is 0 Å². The molecule has 0 aromatic carbocycles. The first-order valence-electron chi connectivity index (χ1n) is 4.16. The molecule has 0 bridgehead atoms. The minimum Gasteiger partial charge on any atom is -0.726 e. The van der Waals surface area contributed by atoms with Crippen LogP contribution in [0, 0.1) is 0 Å². The molecule has 74 valence electrons. The molecule has 0 rings (SSSR count). The Kier molecular flexibility index (Phi) is 12.3. The van der Waals surface area contributed by atoms with E-state index >= 15 is 0 Å². The number of hydrogen-bond acceptors (Lipinski definition) is 4. The molecule has 0 N–H and O–H groups in total. The van der Waals surface area contributed by atoms with Crippen molar-refractivity contribution in [3.05, 3.63) is 0 Å². The fraction of sp³-hybridized carbons (Fsp3) is 1.00. The monoisotopic (exact) mass is 235 g/mol. The average molecular weight is 235 g/mol. The Morgan fingerprint density at radius 3 is 2.15 bits per heavy atom. The van der Waals surface area contributed by atoms with Crippen molar-refractivity contribution < 1.29 is 17.2 Å². The Hall–Kier alpha value is 1.13. The summed E-state index contributed by atoms with van der Waals surface area (Å²) in [4.78, 5) is 0. The van der Waals surface area contributed by atoms with Crippen LogP contribution in [0.2, 0.25) is 0 Å². The van der Waals surface area contributed by atoms with E-state index in [0.717, 1.165) is 25.7 Å². The molecule has 0 aliphatic carbocycles. The van der Waals surface area contributed by atoms with E-state index in [-0.39, 0.29) is 44.3 Å². The fourth-order valence-corrected chi connectivity index (χ4v) is 1.19. The van der Waals surface area contributed by atoms with Crippen LogP contribution in [0.3, 0.4) is 0 Å².